The molecule has 1 heterocycles. The molecule has 0 fully saturated rings. The molecule has 0 spiro atoms. The van der Waals surface area contributed by atoms with Gasteiger partial charge in [0, 0.05) is 31.2 Å². The lowest BCUT2D eigenvalue weighted by Crippen LogP contribution is -2.20. The van der Waals surface area contributed by atoms with Crippen molar-refractivity contribution < 1.29 is 9.47 Å². The van der Waals surface area contributed by atoms with E-state index in [1.807, 2.05) is 6.92 Å². The predicted molar refractivity (Wildman–Crippen MR) is 85.7 cm³/mol. The van der Waals surface area contributed by atoms with E-state index < -0.39 is 0 Å². The van der Waals surface area contributed by atoms with Crippen LogP contribution in [0.15, 0.2) is 0 Å². The van der Waals surface area contributed by atoms with Crippen LogP contribution in [0.1, 0.15) is 38.6 Å². The van der Waals surface area contributed by atoms with Gasteiger partial charge in [0.25, 0.3) is 0 Å². The molecule has 0 aliphatic rings. The van der Waals surface area contributed by atoms with Crippen LogP contribution in [0.2, 0.25) is 0 Å². The summed E-state index contributed by atoms with van der Waals surface area (Å²) in [6, 6.07) is 0. The second kappa shape index (κ2) is 8.14. The van der Waals surface area contributed by atoms with E-state index in [0.717, 1.165) is 30.2 Å². The molecule has 3 N–H and O–H groups in total. The zero-order valence-corrected chi connectivity index (χ0v) is 13.8. The quantitative estimate of drug-likeness (QED) is 0.715. The smallest absolute Gasteiger partial charge is 0.138 e. The molecule has 1 aromatic rings. The van der Waals surface area contributed by atoms with Crippen molar-refractivity contribution in [1.29, 1.82) is 0 Å². The van der Waals surface area contributed by atoms with Gasteiger partial charge >= 0.3 is 0 Å². The topological polar surface area (TPSA) is 82.3 Å². The Morgan fingerprint density at radius 3 is 2.48 bits per heavy atom. The van der Waals surface area contributed by atoms with Gasteiger partial charge in [-0.05, 0) is 13.3 Å². The number of hydrogen-bond donors (Lipinski definition) is 2. The van der Waals surface area contributed by atoms with Gasteiger partial charge in [-0.2, -0.15) is 0 Å². The van der Waals surface area contributed by atoms with Crippen molar-refractivity contribution in [3.63, 3.8) is 0 Å². The molecule has 0 radical (unpaired) electrons. The van der Waals surface area contributed by atoms with E-state index in [1.54, 1.807) is 7.11 Å². The van der Waals surface area contributed by atoms with Crippen molar-refractivity contribution in [2.24, 2.45) is 0 Å². The normalized spacial score (nSPS) is 11.7. The van der Waals surface area contributed by atoms with Gasteiger partial charge in [-0.1, -0.05) is 20.8 Å². The third-order valence-corrected chi connectivity index (χ3v) is 3.04. The van der Waals surface area contributed by atoms with E-state index in [9.17, 15) is 0 Å². The minimum Gasteiger partial charge on any atom is -0.383 e. The number of aromatic nitrogens is 2. The van der Waals surface area contributed by atoms with E-state index in [4.69, 9.17) is 15.2 Å². The number of rotatable bonds is 8. The summed E-state index contributed by atoms with van der Waals surface area (Å²) in [7, 11) is 1.67. The molecule has 0 bridgehead atoms. The number of nitrogens with one attached hydrogen (secondary N) is 1. The highest BCUT2D eigenvalue weighted by Gasteiger charge is 2.20. The Morgan fingerprint density at radius 2 is 1.86 bits per heavy atom. The number of ether oxygens (including phenoxy) is 2. The van der Waals surface area contributed by atoms with E-state index in [1.165, 1.54) is 0 Å². The van der Waals surface area contributed by atoms with Crippen LogP contribution in [0.4, 0.5) is 11.6 Å². The fourth-order valence-electron chi connectivity index (χ4n) is 1.67. The van der Waals surface area contributed by atoms with Crippen LogP contribution in [-0.4, -0.2) is 43.4 Å². The Labute approximate surface area is 127 Å². The first kappa shape index (κ1) is 17.7. The summed E-state index contributed by atoms with van der Waals surface area (Å²) < 4.78 is 10.3. The van der Waals surface area contributed by atoms with E-state index >= 15 is 0 Å². The largest absolute Gasteiger partial charge is 0.383 e. The maximum Gasteiger partial charge on any atom is 0.138 e. The maximum absolute atomic E-state index is 5.97. The minimum atomic E-state index is -0.123. The van der Waals surface area contributed by atoms with Crippen molar-refractivity contribution in [3.8, 4) is 0 Å². The standard InChI is InChI=1S/C15H28N4O2/c1-11-12(16)18-14(15(2,3)4)19-13(11)17-7-6-8-21-10-9-20-5/h6-10H2,1-5H3,(H3,16,17,18,19). The van der Waals surface area contributed by atoms with Crippen LogP contribution in [0.25, 0.3) is 0 Å². The zero-order chi connectivity index (χ0) is 15.9. The van der Waals surface area contributed by atoms with Gasteiger partial charge in [0.05, 0.1) is 13.2 Å². The van der Waals surface area contributed by atoms with Crippen LogP contribution in [-0.2, 0) is 14.9 Å². The van der Waals surface area contributed by atoms with Gasteiger partial charge in [-0.25, -0.2) is 9.97 Å². The fraction of sp³-hybridized carbons (Fsp3) is 0.733. The van der Waals surface area contributed by atoms with Gasteiger partial charge < -0.3 is 20.5 Å². The Balaban J connectivity index is 2.53. The molecular weight excluding hydrogens is 268 g/mol. The molecule has 0 saturated carbocycles. The third-order valence-electron chi connectivity index (χ3n) is 3.04. The van der Waals surface area contributed by atoms with Gasteiger partial charge in [0.1, 0.15) is 17.5 Å². The zero-order valence-electron chi connectivity index (χ0n) is 13.8. The molecule has 120 valence electrons. The van der Waals surface area contributed by atoms with Crippen LogP contribution < -0.4 is 11.1 Å². The van der Waals surface area contributed by atoms with Crippen LogP contribution >= 0.6 is 0 Å². The maximum atomic E-state index is 5.97. The Bertz CT molecular complexity index is 444. The summed E-state index contributed by atoms with van der Waals surface area (Å²) in [4.78, 5) is 8.96. The molecular formula is C15H28N4O2. The molecule has 6 heteroatoms. The van der Waals surface area contributed by atoms with E-state index in [-0.39, 0.29) is 5.41 Å². The molecule has 0 atom stereocenters. The highest BCUT2D eigenvalue weighted by atomic mass is 16.5. The van der Waals surface area contributed by atoms with Crippen LogP contribution in [0, 0.1) is 6.92 Å². The fourth-order valence-corrected chi connectivity index (χ4v) is 1.67. The van der Waals surface area contributed by atoms with Crippen molar-refractivity contribution in [2.45, 2.75) is 39.5 Å². The first-order valence-electron chi connectivity index (χ1n) is 7.31. The second-order valence-electron chi connectivity index (χ2n) is 6.04. The number of nitrogen functional groups attached to an aromatic ring is 1. The molecule has 0 aliphatic carbocycles. The van der Waals surface area contributed by atoms with Gasteiger partial charge in [0.2, 0.25) is 0 Å². The highest BCUT2D eigenvalue weighted by Crippen LogP contribution is 2.24. The van der Waals surface area contributed by atoms with Crippen LogP contribution in [0.3, 0.4) is 0 Å². The Hall–Kier alpha value is -1.40. The summed E-state index contributed by atoms with van der Waals surface area (Å²) >= 11 is 0. The van der Waals surface area contributed by atoms with Gasteiger partial charge in [0.15, 0.2) is 0 Å². The number of nitrogens with zero attached hydrogens (tertiary/aromatic N) is 2. The summed E-state index contributed by atoms with van der Waals surface area (Å²) in [5, 5.41) is 3.31. The highest BCUT2D eigenvalue weighted by molar-refractivity contribution is 5.55. The molecule has 1 rings (SSSR count). The molecule has 0 saturated heterocycles. The molecule has 0 unspecified atom stereocenters. The SMILES string of the molecule is COCCOCCCNc1nc(C(C)(C)C)nc(N)c1C. The van der Waals surface area contributed by atoms with Crippen molar-refractivity contribution in [2.75, 3.05) is 44.5 Å². The average Bonchev–Trinajstić information content (AvgIpc) is 2.41. The monoisotopic (exact) mass is 296 g/mol. The number of hydrogen-bond acceptors (Lipinski definition) is 6. The lowest BCUT2D eigenvalue weighted by molar-refractivity contribution is 0.0705. The summed E-state index contributed by atoms with van der Waals surface area (Å²) in [6.07, 6.45) is 0.901. The molecule has 0 aliphatic heterocycles. The van der Waals surface area contributed by atoms with Crippen molar-refractivity contribution in [3.05, 3.63) is 11.4 Å². The summed E-state index contributed by atoms with van der Waals surface area (Å²) in [5.41, 5.74) is 6.74. The Morgan fingerprint density at radius 1 is 1.14 bits per heavy atom. The Kier molecular flexibility index (Phi) is 6.84. The number of nitrogens with two attached hydrogens (primary N) is 1. The van der Waals surface area contributed by atoms with E-state index in [0.29, 0.717) is 25.6 Å². The molecule has 1 aromatic heterocycles. The first-order chi connectivity index (χ1) is 9.86. The van der Waals surface area contributed by atoms with E-state index in [2.05, 4.69) is 36.1 Å². The second-order valence-corrected chi connectivity index (χ2v) is 6.04. The number of anilines is 2. The molecule has 0 amide bonds. The molecule has 6 nitrogen and oxygen atoms in total. The summed E-state index contributed by atoms with van der Waals surface area (Å²) in [5.74, 6) is 2.10. The van der Waals surface area contributed by atoms with Gasteiger partial charge in [-0.15, -0.1) is 0 Å². The third kappa shape index (κ3) is 5.85. The minimum absolute atomic E-state index is 0.123. The van der Waals surface area contributed by atoms with Gasteiger partial charge in [-0.3, -0.25) is 0 Å². The molecule has 0 aromatic carbocycles. The lowest BCUT2D eigenvalue weighted by Gasteiger charge is -2.19. The van der Waals surface area contributed by atoms with Crippen molar-refractivity contribution in [1.82, 2.24) is 9.97 Å². The first-order valence-corrected chi connectivity index (χ1v) is 7.31. The van der Waals surface area contributed by atoms with Crippen molar-refractivity contribution >= 4 is 11.6 Å². The summed E-state index contributed by atoms with van der Waals surface area (Å²) in [6.45, 7) is 10.9. The molecule has 21 heavy (non-hydrogen) atoms. The lowest BCUT2D eigenvalue weighted by atomic mass is 9.95. The predicted octanol–water partition coefficient (Wildman–Crippen LogP) is 2.13. The van der Waals surface area contributed by atoms with Crippen LogP contribution in [0.5, 0.6) is 0 Å². The number of methoxy groups -OCH3 is 1. The average molecular weight is 296 g/mol.